The van der Waals surface area contributed by atoms with Gasteiger partial charge in [-0.15, -0.1) is 0 Å². The van der Waals surface area contributed by atoms with Crippen LogP contribution in [-0.4, -0.2) is 17.9 Å². The molecule has 4 aliphatic carbocycles. The van der Waals surface area contributed by atoms with Crippen LogP contribution in [-0.2, 0) is 16.0 Å². The molecule has 140 valence electrons. The van der Waals surface area contributed by atoms with Gasteiger partial charge in [-0.05, 0) is 74.0 Å². The number of carbonyl (C=O) groups excluding carboxylic acids is 2. The number of hydrogen-bond acceptors (Lipinski definition) is 2. The largest absolute Gasteiger partial charge is 0.368 e. The molecule has 1 atom stereocenters. The van der Waals surface area contributed by atoms with E-state index in [9.17, 15) is 9.59 Å². The molecule has 1 aromatic rings. The van der Waals surface area contributed by atoms with E-state index in [4.69, 9.17) is 28.9 Å². The summed E-state index contributed by atoms with van der Waals surface area (Å²) in [5, 5.41) is 3.97. The van der Waals surface area contributed by atoms with Gasteiger partial charge in [-0.3, -0.25) is 9.59 Å². The number of nitrogens with two attached hydrogens (primary N) is 1. The quantitative estimate of drug-likeness (QED) is 0.798. The first kappa shape index (κ1) is 18.1. The predicted octanol–water partition coefficient (Wildman–Crippen LogP) is 3.72. The minimum atomic E-state index is -0.755. The molecule has 0 aromatic heterocycles. The third kappa shape index (κ3) is 3.34. The Labute approximate surface area is 163 Å². The highest BCUT2D eigenvalue weighted by Crippen LogP contribution is 2.60. The molecule has 0 saturated heterocycles. The summed E-state index contributed by atoms with van der Waals surface area (Å²) in [4.78, 5) is 25.2. The zero-order valence-corrected chi connectivity index (χ0v) is 16.2. The van der Waals surface area contributed by atoms with Gasteiger partial charge in [0.2, 0.25) is 11.8 Å². The molecule has 5 rings (SSSR count). The molecular weight excluding hydrogens is 371 g/mol. The van der Waals surface area contributed by atoms with E-state index < -0.39 is 11.9 Å². The van der Waals surface area contributed by atoms with E-state index in [1.807, 2.05) is 0 Å². The van der Waals surface area contributed by atoms with Crippen LogP contribution >= 0.6 is 23.2 Å². The number of halogens is 2. The third-order valence-electron chi connectivity index (χ3n) is 6.61. The lowest BCUT2D eigenvalue weighted by Gasteiger charge is -2.55. The van der Waals surface area contributed by atoms with Gasteiger partial charge in [0.15, 0.2) is 0 Å². The van der Waals surface area contributed by atoms with Gasteiger partial charge < -0.3 is 11.1 Å². The van der Waals surface area contributed by atoms with Crippen LogP contribution in [0.4, 0.5) is 0 Å². The van der Waals surface area contributed by atoms with Crippen LogP contribution in [0.1, 0.15) is 44.1 Å². The fourth-order valence-electron chi connectivity index (χ4n) is 5.83. The lowest BCUT2D eigenvalue weighted by molar-refractivity contribution is -0.148. The molecule has 1 aromatic carbocycles. The molecule has 0 radical (unpaired) electrons. The average Bonchev–Trinajstić information content (AvgIpc) is 2.55. The SMILES string of the molecule is NC(=O)[C@@H](Cc1ccc(Cl)cc1Cl)NC(=O)C12CC3CC(CC(C3)C1)C2. The first-order valence-corrected chi connectivity index (χ1v) is 10.1. The summed E-state index contributed by atoms with van der Waals surface area (Å²) >= 11 is 12.2. The number of amides is 2. The fourth-order valence-corrected chi connectivity index (χ4v) is 6.32. The highest BCUT2D eigenvalue weighted by atomic mass is 35.5. The summed E-state index contributed by atoms with van der Waals surface area (Å²) in [6.07, 6.45) is 6.96. The Bertz CT molecular complexity index is 714. The van der Waals surface area contributed by atoms with Crippen molar-refractivity contribution in [3.63, 3.8) is 0 Å². The zero-order valence-electron chi connectivity index (χ0n) is 14.6. The minimum absolute atomic E-state index is 0.00508. The van der Waals surface area contributed by atoms with Gasteiger partial charge in [-0.1, -0.05) is 29.3 Å². The number of rotatable bonds is 5. The highest BCUT2D eigenvalue weighted by Gasteiger charge is 2.54. The van der Waals surface area contributed by atoms with Gasteiger partial charge in [0.1, 0.15) is 6.04 Å². The van der Waals surface area contributed by atoms with Crippen molar-refractivity contribution in [1.29, 1.82) is 0 Å². The molecule has 0 spiro atoms. The molecule has 0 unspecified atom stereocenters. The molecule has 4 bridgehead atoms. The van der Waals surface area contributed by atoms with Crippen molar-refractivity contribution in [2.45, 2.75) is 51.0 Å². The maximum Gasteiger partial charge on any atom is 0.240 e. The summed E-state index contributed by atoms with van der Waals surface area (Å²) in [5.74, 6) is 1.48. The topological polar surface area (TPSA) is 72.2 Å². The predicted molar refractivity (Wildman–Crippen MR) is 102 cm³/mol. The fraction of sp³-hybridized carbons (Fsp3) is 0.600. The Kier molecular flexibility index (Phi) is 4.68. The third-order valence-corrected chi connectivity index (χ3v) is 7.19. The molecule has 4 nitrogen and oxygen atoms in total. The summed E-state index contributed by atoms with van der Waals surface area (Å²) in [6, 6.07) is 4.38. The van der Waals surface area contributed by atoms with Gasteiger partial charge in [0.25, 0.3) is 0 Å². The molecule has 0 aliphatic heterocycles. The summed E-state index contributed by atoms with van der Waals surface area (Å²) < 4.78 is 0. The number of carbonyl (C=O) groups is 2. The van der Waals surface area contributed by atoms with Gasteiger partial charge >= 0.3 is 0 Å². The lowest BCUT2D eigenvalue weighted by Crippen LogP contribution is -2.57. The van der Waals surface area contributed by atoms with Crippen LogP contribution in [0.2, 0.25) is 10.0 Å². The normalized spacial score (nSPS) is 33.1. The smallest absolute Gasteiger partial charge is 0.240 e. The number of hydrogen-bond donors (Lipinski definition) is 2. The van der Waals surface area contributed by atoms with E-state index in [2.05, 4.69) is 5.32 Å². The molecular formula is C20H24Cl2N2O2. The van der Waals surface area contributed by atoms with Gasteiger partial charge in [0.05, 0.1) is 0 Å². The van der Waals surface area contributed by atoms with E-state index in [0.29, 0.717) is 27.8 Å². The molecule has 3 N–H and O–H groups in total. The maximum absolute atomic E-state index is 13.2. The summed E-state index contributed by atoms with van der Waals surface area (Å²) in [6.45, 7) is 0. The van der Waals surface area contributed by atoms with Crippen molar-refractivity contribution < 1.29 is 9.59 Å². The van der Waals surface area contributed by atoms with Crippen molar-refractivity contribution in [3.05, 3.63) is 33.8 Å². The lowest BCUT2D eigenvalue weighted by atomic mass is 9.49. The first-order valence-electron chi connectivity index (χ1n) is 9.39. The molecule has 4 fully saturated rings. The van der Waals surface area contributed by atoms with E-state index in [1.54, 1.807) is 18.2 Å². The monoisotopic (exact) mass is 394 g/mol. The zero-order chi connectivity index (χ0) is 18.5. The Morgan fingerprint density at radius 1 is 1.12 bits per heavy atom. The van der Waals surface area contributed by atoms with Crippen LogP contribution in [0.25, 0.3) is 0 Å². The number of benzene rings is 1. The van der Waals surface area contributed by atoms with Crippen molar-refractivity contribution in [2.24, 2.45) is 28.9 Å². The van der Waals surface area contributed by atoms with Crippen molar-refractivity contribution >= 4 is 35.0 Å². The highest BCUT2D eigenvalue weighted by molar-refractivity contribution is 6.35. The van der Waals surface area contributed by atoms with E-state index in [1.165, 1.54) is 19.3 Å². The van der Waals surface area contributed by atoms with Crippen LogP contribution < -0.4 is 11.1 Å². The molecule has 26 heavy (non-hydrogen) atoms. The Morgan fingerprint density at radius 3 is 2.19 bits per heavy atom. The van der Waals surface area contributed by atoms with Crippen LogP contribution in [0, 0.1) is 23.2 Å². The first-order chi connectivity index (χ1) is 12.3. The molecule has 6 heteroatoms. The average molecular weight is 395 g/mol. The van der Waals surface area contributed by atoms with Crippen molar-refractivity contribution in [3.8, 4) is 0 Å². The Hall–Kier alpha value is -1.26. The second-order valence-corrected chi connectivity index (χ2v) is 9.41. The molecule has 2 amide bonds. The Balaban J connectivity index is 1.50. The van der Waals surface area contributed by atoms with Crippen LogP contribution in [0.3, 0.4) is 0 Å². The van der Waals surface area contributed by atoms with Gasteiger partial charge in [-0.25, -0.2) is 0 Å². The van der Waals surface area contributed by atoms with Gasteiger partial charge in [0, 0.05) is 21.9 Å². The number of nitrogens with one attached hydrogen (secondary N) is 1. The Morgan fingerprint density at radius 2 is 1.69 bits per heavy atom. The standard InChI is InChI=1S/C20H24Cl2N2O2/c21-15-2-1-14(16(22)7-15)6-17(18(23)25)24-19(26)20-8-11-3-12(9-20)5-13(4-11)10-20/h1-2,7,11-13,17H,3-6,8-10H2,(H2,23,25)(H,24,26)/t11?,12?,13?,17-,20?/m1/s1. The van der Waals surface area contributed by atoms with Crippen molar-refractivity contribution in [1.82, 2.24) is 5.32 Å². The van der Waals surface area contributed by atoms with E-state index in [-0.39, 0.29) is 17.7 Å². The van der Waals surface area contributed by atoms with Gasteiger partial charge in [-0.2, -0.15) is 0 Å². The molecule has 4 saturated carbocycles. The van der Waals surface area contributed by atoms with Crippen LogP contribution in [0.5, 0.6) is 0 Å². The van der Waals surface area contributed by atoms with E-state index >= 15 is 0 Å². The number of primary amides is 1. The van der Waals surface area contributed by atoms with Crippen LogP contribution in [0.15, 0.2) is 18.2 Å². The summed E-state index contributed by atoms with van der Waals surface area (Å²) in [5.41, 5.74) is 6.04. The molecule has 0 heterocycles. The van der Waals surface area contributed by atoms with E-state index in [0.717, 1.165) is 24.8 Å². The second-order valence-electron chi connectivity index (χ2n) is 8.57. The summed E-state index contributed by atoms with van der Waals surface area (Å²) in [7, 11) is 0. The maximum atomic E-state index is 13.2. The van der Waals surface area contributed by atoms with Crippen molar-refractivity contribution in [2.75, 3.05) is 0 Å². The molecule has 4 aliphatic rings. The second kappa shape index (κ2) is 6.72. The minimum Gasteiger partial charge on any atom is -0.368 e.